The largest absolute Gasteiger partial charge is 0.337 e. The number of likely N-dealkylation sites (N-methyl/N-ethyl adjacent to an activating group) is 1. The van der Waals surface area contributed by atoms with Gasteiger partial charge in [-0.05, 0) is 43.4 Å². The molecule has 1 saturated heterocycles. The van der Waals surface area contributed by atoms with Crippen molar-refractivity contribution in [2.45, 2.75) is 13.5 Å². The lowest BCUT2D eigenvalue weighted by Gasteiger charge is -2.27. The van der Waals surface area contributed by atoms with E-state index in [1.54, 1.807) is 23.8 Å². The number of hydrogen-bond acceptors (Lipinski definition) is 4. The number of thiocarbonyl (C=S) groups is 1. The van der Waals surface area contributed by atoms with E-state index in [0.717, 1.165) is 10.9 Å². The number of benzene rings is 2. The van der Waals surface area contributed by atoms with Crippen molar-refractivity contribution in [1.29, 1.82) is 0 Å². The smallest absolute Gasteiger partial charge is 0.265 e. The summed E-state index contributed by atoms with van der Waals surface area (Å²) in [6, 6.07) is 16.7. The molecular weight excluding hydrogens is 412 g/mol. The molecular formula is C23H20N4O3S. The maximum absolute atomic E-state index is 12.7. The van der Waals surface area contributed by atoms with Gasteiger partial charge in [-0.15, -0.1) is 0 Å². The zero-order valence-electron chi connectivity index (χ0n) is 16.8. The van der Waals surface area contributed by atoms with E-state index in [-0.39, 0.29) is 23.1 Å². The molecule has 1 aromatic heterocycles. The van der Waals surface area contributed by atoms with Crippen LogP contribution in [0.1, 0.15) is 12.5 Å². The van der Waals surface area contributed by atoms with Crippen molar-refractivity contribution in [1.82, 2.24) is 14.8 Å². The van der Waals surface area contributed by atoms with Gasteiger partial charge >= 0.3 is 0 Å². The van der Waals surface area contributed by atoms with Gasteiger partial charge in [0.1, 0.15) is 12.1 Å². The van der Waals surface area contributed by atoms with Gasteiger partial charge in [0.05, 0.1) is 0 Å². The molecule has 0 atom stereocenters. The number of carbonyl (C=O) groups is 3. The maximum atomic E-state index is 12.7. The summed E-state index contributed by atoms with van der Waals surface area (Å²) >= 11 is 5.08. The lowest BCUT2D eigenvalue weighted by atomic mass is 10.1. The Morgan fingerprint density at radius 1 is 1.10 bits per heavy atom. The van der Waals surface area contributed by atoms with Crippen molar-refractivity contribution in [3.05, 3.63) is 71.9 Å². The van der Waals surface area contributed by atoms with Crippen LogP contribution in [-0.2, 0) is 20.9 Å². The number of fused-ring (bicyclic) bond motifs is 1. The molecule has 4 rings (SSSR count). The first-order valence-corrected chi connectivity index (χ1v) is 10.2. The van der Waals surface area contributed by atoms with Crippen LogP contribution in [0.15, 0.2) is 66.4 Å². The van der Waals surface area contributed by atoms with E-state index in [1.165, 1.54) is 4.90 Å². The van der Waals surface area contributed by atoms with Gasteiger partial charge < -0.3 is 9.88 Å². The van der Waals surface area contributed by atoms with Gasteiger partial charge in [-0.2, -0.15) is 0 Å². The van der Waals surface area contributed by atoms with Crippen molar-refractivity contribution in [3.8, 4) is 0 Å². The number of amides is 3. The quantitative estimate of drug-likeness (QED) is 0.369. The minimum Gasteiger partial charge on any atom is -0.337 e. The van der Waals surface area contributed by atoms with Crippen LogP contribution in [0, 0.1) is 0 Å². The molecule has 2 heterocycles. The normalized spacial score (nSPS) is 15.5. The predicted molar refractivity (Wildman–Crippen MR) is 123 cm³/mol. The van der Waals surface area contributed by atoms with Gasteiger partial charge in [-0.3, -0.25) is 24.6 Å². The Balaban J connectivity index is 1.67. The molecule has 0 unspecified atom stereocenters. The average Bonchev–Trinajstić information content (AvgIpc) is 3.09. The molecule has 0 bridgehead atoms. The third kappa shape index (κ3) is 4.10. The standard InChI is InChI=1S/C23H20N4O3S/c1-2-27-22(30)18(21(29)25-23(27)31)12-15-13-26(19-11-7-6-10-17(15)19)14-20(28)24-16-8-4-3-5-9-16/h3-13H,2,14H2,1H3,(H,24,28)(H,25,29,31)/b18-12+. The van der Waals surface area contributed by atoms with E-state index in [1.807, 2.05) is 54.6 Å². The molecule has 1 fully saturated rings. The van der Waals surface area contributed by atoms with Crippen LogP contribution in [0.4, 0.5) is 5.69 Å². The van der Waals surface area contributed by atoms with Crippen LogP contribution >= 0.6 is 12.2 Å². The molecule has 3 amide bonds. The fourth-order valence-electron chi connectivity index (χ4n) is 3.53. The molecule has 31 heavy (non-hydrogen) atoms. The number of nitrogens with one attached hydrogen (secondary N) is 2. The summed E-state index contributed by atoms with van der Waals surface area (Å²) in [5, 5.41) is 6.36. The number of nitrogens with zero attached hydrogens (tertiary/aromatic N) is 2. The fourth-order valence-corrected chi connectivity index (χ4v) is 3.84. The molecule has 156 valence electrons. The molecule has 2 N–H and O–H groups in total. The lowest BCUT2D eigenvalue weighted by molar-refractivity contribution is -0.128. The third-order valence-corrected chi connectivity index (χ3v) is 5.32. The topological polar surface area (TPSA) is 83.4 Å². The van der Waals surface area contributed by atoms with Crippen molar-refractivity contribution in [2.24, 2.45) is 0 Å². The molecule has 0 aliphatic carbocycles. The maximum Gasteiger partial charge on any atom is 0.265 e. The van der Waals surface area contributed by atoms with Crippen LogP contribution in [0.5, 0.6) is 0 Å². The van der Waals surface area contributed by atoms with Crippen LogP contribution < -0.4 is 10.6 Å². The highest BCUT2D eigenvalue weighted by molar-refractivity contribution is 7.80. The molecule has 8 heteroatoms. The van der Waals surface area contributed by atoms with Gasteiger partial charge in [-0.25, -0.2) is 0 Å². The van der Waals surface area contributed by atoms with E-state index in [0.29, 0.717) is 17.8 Å². The third-order valence-electron chi connectivity index (χ3n) is 4.99. The van der Waals surface area contributed by atoms with Crippen LogP contribution in [-0.4, -0.2) is 38.8 Å². The molecule has 0 radical (unpaired) electrons. The molecule has 2 aromatic carbocycles. The monoisotopic (exact) mass is 432 g/mol. The second-order valence-corrected chi connectivity index (χ2v) is 7.40. The van der Waals surface area contributed by atoms with E-state index >= 15 is 0 Å². The van der Waals surface area contributed by atoms with E-state index in [4.69, 9.17) is 12.2 Å². The Labute approximate surface area is 184 Å². The summed E-state index contributed by atoms with van der Waals surface area (Å²) in [6.07, 6.45) is 3.32. The minimum atomic E-state index is -0.529. The van der Waals surface area contributed by atoms with E-state index < -0.39 is 11.8 Å². The Morgan fingerprint density at radius 3 is 2.55 bits per heavy atom. The molecule has 1 aliphatic rings. The Hall–Kier alpha value is -3.78. The van der Waals surface area contributed by atoms with Crippen LogP contribution in [0.2, 0.25) is 0 Å². The SMILES string of the molecule is CCN1C(=O)/C(=C/c2cn(CC(=O)Nc3ccccc3)c3ccccc23)C(=O)NC1=S. The summed E-state index contributed by atoms with van der Waals surface area (Å²) in [4.78, 5) is 39.1. The zero-order valence-corrected chi connectivity index (χ0v) is 17.6. The number of rotatable bonds is 5. The summed E-state index contributed by atoms with van der Waals surface area (Å²) in [6.45, 7) is 2.23. The second-order valence-electron chi connectivity index (χ2n) is 7.01. The van der Waals surface area contributed by atoms with Crippen molar-refractivity contribution < 1.29 is 14.4 Å². The van der Waals surface area contributed by atoms with Crippen LogP contribution in [0.25, 0.3) is 17.0 Å². The second kappa shape index (κ2) is 8.53. The highest BCUT2D eigenvalue weighted by Crippen LogP contribution is 2.25. The Morgan fingerprint density at radius 2 is 1.81 bits per heavy atom. The first-order valence-electron chi connectivity index (χ1n) is 9.79. The predicted octanol–water partition coefficient (Wildman–Crippen LogP) is 2.93. The Bertz CT molecular complexity index is 1230. The first kappa shape index (κ1) is 20.5. The van der Waals surface area contributed by atoms with Gasteiger partial charge in [0.2, 0.25) is 5.91 Å². The van der Waals surface area contributed by atoms with Gasteiger partial charge in [0.25, 0.3) is 11.8 Å². The lowest BCUT2D eigenvalue weighted by Crippen LogP contribution is -2.53. The first-order chi connectivity index (χ1) is 15.0. The number of para-hydroxylation sites is 2. The fraction of sp³-hybridized carbons (Fsp3) is 0.130. The van der Waals surface area contributed by atoms with E-state index in [2.05, 4.69) is 10.6 Å². The summed E-state index contributed by atoms with van der Waals surface area (Å²) in [5.74, 6) is -1.14. The van der Waals surface area contributed by atoms with Crippen molar-refractivity contribution in [3.63, 3.8) is 0 Å². The molecule has 0 saturated carbocycles. The molecule has 1 aliphatic heterocycles. The number of hydrogen-bond donors (Lipinski definition) is 2. The Kier molecular flexibility index (Phi) is 5.64. The highest BCUT2D eigenvalue weighted by Gasteiger charge is 2.32. The number of carbonyl (C=O) groups excluding carboxylic acids is 3. The summed E-state index contributed by atoms with van der Waals surface area (Å²) in [5.41, 5.74) is 2.22. The van der Waals surface area contributed by atoms with E-state index in [9.17, 15) is 14.4 Å². The molecule has 3 aromatic rings. The van der Waals surface area contributed by atoms with Gasteiger partial charge in [0, 0.05) is 34.9 Å². The van der Waals surface area contributed by atoms with Crippen LogP contribution in [0.3, 0.4) is 0 Å². The highest BCUT2D eigenvalue weighted by atomic mass is 32.1. The van der Waals surface area contributed by atoms with Gasteiger partial charge in [0.15, 0.2) is 5.11 Å². The summed E-state index contributed by atoms with van der Waals surface area (Å²) in [7, 11) is 0. The van der Waals surface area contributed by atoms with Gasteiger partial charge in [-0.1, -0.05) is 36.4 Å². The zero-order chi connectivity index (χ0) is 22.0. The number of aromatic nitrogens is 1. The average molecular weight is 433 g/mol. The number of anilines is 1. The minimum absolute atomic E-state index is 0.00656. The summed E-state index contributed by atoms with van der Waals surface area (Å²) < 4.78 is 1.80. The molecule has 0 spiro atoms. The molecule has 7 nitrogen and oxygen atoms in total. The van der Waals surface area contributed by atoms with Crippen molar-refractivity contribution >= 4 is 57.7 Å². The van der Waals surface area contributed by atoms with Crippen molar-refractivity contribution in [2.75, 3.05) is 11.9 Å².